The molecule has 0 aromatic rings. The Kier molecular flexibility index (Phi) is 10.1. The second kappa shape index (κ2) is 10.7. The third kappa shape index (κ3) is 9.41. The van der Waals surface area contributed by atoms with Crippen LogP contribution in [0.4, 0.5) is 4.79 Å². The van der Waals surface area contributed by atoms with E-state index in [1.54, 1.807) is 16.7 Å². The van der Waals surface area contributed by atoms with Crippen LogP contribution in [0.15, 0.2) is 12.7 Å². The number of carboxylic acid groups (broad SMARTS) is 1. The Bertz CT molecular complexity index is 296. The lowest BCUT2D eigenvalue weighted by atomic mass is 10.2. The quantitative estimate of drug-likeness (QED) is 0.477. The lowest BCUT2D eigenvalue weighted by molar-refractivity contribution is -0.137. The lowest BCUT2D eigenvalue weighted by Gasteiger charge is -2.26. The standard InChI is InChI=1S/C13H24N2O3S/c1-4-9-19-10-7-14-13(18)15(11(2)3)8-5-6-12(16)17/h4,11H,1,5-10H2,2-3H3,(H,14,18)(H,16,17). The summed E-state index contributed by atoms with van der Waals surface area (Å²) in [4.78, 5) is 24.1. The second-order valence-corrected chi connectivity index (χ2v) is 5.53. The molecule has 0 saturated carbocycles. The highest BCUT2D eigenvalue weighted by atomic mass is 32.2. The van der Waals surface area contributed by atoms with Gasteiger partial charge >= 0.3 is 12.0 Å². The molecule has 0 heterocycles. The van der Waals surface area contributed by atoms with Gasteiger partial charge in [-0.15, -0.1) is 6.58 Å². The van der Waals surface area contributed by atoms with Crippen molar-refractivity contribution in [3.05, 3.63) is 12.7 Å². The van der Waals surface area contributed by atoms with Crippen LogP contribution in [-0.2, 0) is 4.79 Å². The third-order valence-corrected chi connectivity index (χ3v) is 3.40. The molecule has 0 saturated heterocycles. The Labute approximate surface area is 119 Å². The molecule has 6 heteroatoms. The summed E-state index contributed by atoms with van der Waals surface area (Å²) in [5.41, 5.74) is 0. The summed E-state index contributed by atoms with van der Waals surface area (Å²) in [5.74, 6) is 0.895. The van der Waals surface area contributed by atoms with Crippen molar-refractivity contribution in [2.75, 3.05) is 24.6 Å². The highest BCUT2D eigenvalue weighted by molar-refractivity contribution is 7.99. The number of nitrogens with zero attached hydrogens (tertiary/aromatic N) is 1. The summed E-state index contributed by atoms with van der Waals surface area (Å²) in [6, 6.07) is -0.0609. The molecule has 0 radical (unpaired) electrons. The van der Waals surface area contributed by atoms with Crippen molar-refractivity contribution in [2.45, 2.75) is 32.7 Å². The smallest absolute Gasteiger partial charge is 0.317 e. The molecule has 0 aliphatic carbocycles. The third-order valence-electron chi connectivity index (χ3n) is 2.43. The first-order valence-electron chi connectivity index (χ1n) is 6.44. The van der Waals surface area contributed by atoms with E-state index >= 15 is 0 Å². The summed E-state index contributed by atoms with van der Waals surface area (Å²) in [5, 5.41) is 11.4. The molecule has 0 aliphatic heterocycles. The number of nitrogens with one attached hydrogen (secondary N) is 1. The van der Waals surface area contributed by atoms with Gasteiger partial charge in [-0.25, -0.2) is 4.79 Å². The van der Waals surface area contributed by atoms with Crippen molar-refractivity contribution >= 4 is 23.8 Å². The van der Waals surface area contributed by atoms with Gasteiger partial charge in [-0.3, -0.25) is 4.79 Å². The normalized spacial score (nSPS) is 10.3. The minimum atomic E-state index is -0.829. The highest BCUT2D eigenvalue weighted by Crippen LogP contribution is 2.03. The van der Waals surface area contributed by atoms with Crippen molar-refractivity contribution < 1.29 is 14.7 Å². The van der Waals surface area contributed by atoms with Gasteiger partial charge in [-0.05, 0) is 20.3 Å². The average molecular weight is 288 g/mol. The van der Waals surface area contributed by atoms with E-state index in [2.05, 4.69) is 11.9 Å². The van der Waals surface area contributed by atoms with Gasteiger partial charge in [0.05, 0.1) is 0 Å². The molecule has 5 nitrogen and oxygen atoms in total. The van der Waals surface area contributed by atoms with E-state index in [0.717, 1.165) is 11.5 Å². The number of rotatable bonds is 10. The zero-order valence-corrected chi connectivity index (χ0v) is 12.5. The van der Waals surface area contributed by atoms with Crippen LogP contribution in [0.2, 0.25) is 0 Å². The Morgan fingerprint density at radius 3 is 2.68 bits per heavy atom. The van der Waals surface area contributed by atoms with Gasteiger partial charge in [0.2, 0.25) is 0 Å². The molecule has 110 valence electrons. The molecular weight excluding hydrogens is 264 g/mol. The maximum Gasteiger partial charge on any atom is 0.317 e. The molecule has 0 spiro atoms. The van der Waals surface area contributed by atoms with Gasteiger partial charge in [0.1, 0.15) is 0 Å². The Morgan fingerprint density at radius 2 is 2.16 bits per heavy atom. The maximum absolute atomic E-state index is 11.9. The van der Waals surface area contributed by atoms with Crippen molar-refractivity contribution in [1.29, 1.82) is 0 Å². The fourth-order valence-electron chi connectivity index (χ4n) is 1.49. The van der Waals surface area contributed by atoms with Crippen LogP contribution >= 0.6 is 11.8 Å². The summed E-state index contributed by atoms with van der Waals surface area (Å²) < 4.78 is 0. The predicted octanol–water partition coefficient (Wildman–Crippen LogP) is 2.19. The molecule has 0 unspecified atom stereocenters. The Balaban J connectivity index is 3.97. The van der Waals surface area contributed by atoms with Crippen LogP contribution in [-0.4, -0.2) is 52.6 Å². The molecule has 19 heavy (non-hydrogen) atoms. The molecule has 0 bridgehead atoms. The lowest BCUT2D eigenvalue weighted by Crippen LogP contribution is -2.45. The van der Waals surface area contributed by atoms with Gasteiger partial charge in [-0.2, -0.15) is 11.8 Å². The topological polar surface area (TPSA) is 69.6 Å². The maximum atomic E-state index is 11.9. The van der Waals surface area contributed by atoms with Crippen molar-refractivity contribution in [3.63, 3.8) is 0 Å². The summed E-state index contributed by atoms with van der Waals surface area (Å²) in [6.45, 7) is 8.55. The molecule has 0 aliphatic rings. The molecule has 2 N–H and O–H groups in total. The molecule has 0 atom stereocenters. The summed E-state index contributed by atoms with van der Waals surface area (Å²) in [6.07, 6.45) is 2.40. The molecule has 2 amide bonds. The van der Waals surface area contributed by atoms with Crippen molar-refractivity contribution in [3.8, 4) is 0 Å². The first-order chi connectivity index (χ1) is 8.99. The molecular formula is C13H24N2O3S. The zero-order chi connectivity index (χ0) is 14.7. The molecule has 0 rings (SSSR count). The molecule has 0 fully saturated rings. The number of carbonyl (C=O) groups excluding carboxylic acids is 1. The monoisotopic (exact) mass is 288 g/mol. The number of urea groups is 1. The van der Waals surface area contributed by atoms with Gasteiger partial charge in [0.15, 0.2) is 0 Å². The van der Waals surface area contributed by atoms with Crippen molar-refractivity contribution in [1.82, 2.24) is 10.2 Å². The average Bonchev–Trinajstić information content (AvgIpc) is 2.33. The minimum Gasteiger partial charge on any atom is -0.481 e. The van der Waals surface area contributed by atoms with Crippen LogP contribution in [0.25, 0.3) is 0 Å². The van der Waals surface area contributed by atoms with Gasteiger partial charge in [-0.1, -0.05) is 6.08 Å². The van der Waals surface area contributed by atoms with E-state index in [9.17, 15) is 9.59 Å². The number of carboxylic acids is 1. The second-order valence-electron chi connectivity index (χ2n) is 4.38. The number of hydrogen-bond acceptors (Lipinski definition) is 3. The Hall–Kier alpha value is -1.17. The fourth-order valence-corrected chi connectivity index (χ4v) is 2.07. The first kappa shape index (κ1) is 17.8. The van der Waals surface area contributed by atoms with Crippen LogP contribution in [0.1, 0.15) is 26.7 Å². The summed E-state index contributed by atoms with van der Waals surface area (Å²) >= 11 is 1.71. The van der Waals surface area contributed by atoms with Crippen LogP contribution in [0.5, 0.6) is 0 Å². The molecule has 0 aromatic heterocycles. The van der Waals surface area contributed by atoms with Gasteiger partial charge in [0.25, 0.3) is 0 Å². The Morgan fingerprint density at radius 1 is 1.47 bits per heavy atom. The summed E-state index contributed by atoms with van der Waals surface area (Å²) in [7, 11) is 0. The van der Waals surface area contributed by atoms with Crippen LogP contribution in [0, 0.1) is 0 Å². The van der Waals surface area contributed by atoms with E-state index in [1.165, 1.54) is 0 Å². The number of hydrogen-bond donors (Lipinski definition) is 2. The van der Waals surface area contributed by atoms with E-state index < -0.39 is 5.97 Å². The van der Waals surface area contributed by atoms with E-state index in [0.29, 0.717) is 19.5 Å². The minimum absolute atomic E-state index is 0.0645. The van der Waals surface area contributed by atoms with E-state index in [-0.39, 0.29) is 18.5 Å². The van der Waals surface area contributed by atoms with Gasteiger partial charge < -0.3 is 15.3 Å². The first-order valence-corrected chi connectivity index (χ1v) is 7.59. The number of amides is 2. The predicted molar refractivity (Wildman–Crippen MR) is 79.6 cm³/mol. The number of aliphatic carboxylic acids is 1. The fraction of sp³-hybridized carbons (Fsp3) is 0.692. The van der Waals surface area contributed by atoms with Gasteiger partial charge in [0, 0.05) is 37.1 Å². The van der Waals surface area contributed by atoms with E-state index in [1.807, 2.05) is 19.9 Å². The molecule has 0 aromatic carbocycles. The van der Waals surface area contributed by atoms with Crippen LogP contribution in [0.3, 0.4) is 0 Å². The number of carbonyl (C=O) groups is 2. The van der Waals surface area contributed by atoms with Crippen molar-refractivity contribution in [2.24, 2.45) is 0 Å². The number of thioether (sulfide) groups is 1. The van der Waals surface area contributed by atoms with E-state index in [4.69, 9.17) is 5.11 Å². The largest absolute Gasteiger partial charge is 0.481 e. The SMILES string of the molecule is C=CCSCCNC(=O)N(CCCC(=O)O)C(C)C. The zero-order valence-electron chi connectivity index (χ0n) is 11.7. The highest BCUT2D eigenvalue weighted by Gasteiger charge is 2.16. The van der Waals surface area contributed by atoms with Crippen LogP contribution < -0.4 is 5.32 Å².